The number of Topliss-reactive ketones (excluding diaryl/α,β-unsaturated/α-hetero) is 1. The molecule has 0 bridgehead atoms. The largest absolute Gasteiger partial charge is 0.497 e. The minimum atomic E-state index is -0.307. The molecule has 0 spiro atoms. The van der Waals surface area contributed by atoms with Crippen molar-refractivity contribution in [1.29, 1.82) is 0 Å². The molecular formula is C34H41N3O5. The normalized spacial score (nSPS) is 20.5. The molecule has 42 heavy (non-hydrogen) atoms. The number of fused-ring (bicyclic) bond motifs is 1. The van der Waals surface area contributed by atoms with E-state index in [-0.39, 0.29) is 36.4 Å². The first-order valence-corrected chi connectivity index (χ1v) is 14.9. The second-order valence-corrected chi connectivity index (χ2v) is 11.3. The first-order valence-electron chi connectivity index (χ1n) is 14.9. The zero-order valence-electron chi connectivity index (χ0n) is 24.7. The topological polar surface area (TPSA) is 81.2 Å². The Kier molecular flexibility index (Phi) is 9.74. The Balaban J connectivity index is 1.27. The highest BCUT2D eigenvalue weighted by molar-refractivity contribution is 6.08. The highest BCUT2D eigenvalue weighted by Gasteiger charge is 2.32. The van der Waals surface area contributed by atoms with Crippen LogP contribution in [0.4, 0.5) is 10.6 Å². The standard InChI is InChI=1S/C34H41N3O5/c1-4-25-21-36(34(39)42-22-24-9-6-5-7-10-24)18-16-26(25)12-15-32(38)30-20-33(37-17-8-11-27(37)23-40-2)35-31-14-13-28(41-3)19-29(30)31/h4-7,9-10,13-14,19-20,25-27H,1,8,11-12,15-18,21-23H2,2-3H3. The van der Waals surface area contributed by atoms with Gasteiger partial charge in [-0.15, -0.1) is 6.58 Å². The van der Waals surface area contributed by atoms with Crippen LogP contribution < -0.4 is 9.64 Å². The van der Waals surface area contributed by atoms with Crippen molar-refractivity contribution in [3.63, 3.8) is 0 Å². The number of hydrogen-bond acceptors (Lipinski definition) is 7. The molecule has 0 N–H and O–H groups in total. The molecule has 8 heteroatoms. The molecule has 0 radical (unpaired) electrons. The first kappa shape index (κ1) is 29.6. The average Bonchev–Trinajstić information content (AvgIpc) is 3.50. The fraction of sp³-hybridized carbons (Fsp3) is 0.441. The quantitative estimate of drug-likeness (QED) is 0.198. The molecule has 5 rings (SSSR count). The summed E-state index contributed by atoms with van der Waals surface area (Å²) in [5, 5.41) is 0.807. The molecule has 0 aliphatic carbocycles. The van der Waals surface area contributed by atoms with Crippen molar-refractivity contribution in [2.75, 3.05) is 45.4 Å². The van der Waals surface area contributed by atoms with Crippen molar-refractivity contribution < 1.29 is 23.8 Å². The van der Waals surface area contributed by atoms with Gasteiger partial charge in [0.05, 0.1) is 25.3 Å². The zero-order valence-corrected chi connectivity index (χ0v) is 24.7. The summed E-state index contributed by atoms with van der Waals surface area (Å²) in [4.78, 5) is 35.6. The van der Waals surface area contributed by atoms with E-state index in [2.05, 4.69) is 11.5 Å². The molecule has 222 valence electrons. The number of anilines is 1. The Morgan fingerprint density at radius 1 is 1.07 bits per heavy atom. The Labute approximate surface area is 248 Å². The van der Waals surface area contributed by atoms with Crippen LogP contribution in [0.15, 0.2) is 67.3 Å². The lowest BCUT2D eigenvalue weighted by molar-refractivity contribution is 0.0694. The Bertz CT molecular complexity index is 1390. The second kappa shape index (κ2) is 13.8. The Hall–Kier alpha value is -3.91. The summed E-state index contributed by atoms with van der Waals surface area (Å²) in [6.07, 6.45) is 5.65. The smallest absolute Gasteiger partial charge is 0.410 e. The molecule has 3 aromatic rings. The number of amides is 1. The number of likely N-dealkylation sites (tertiary alicyclic amines) is 1. The van der Waals surface area contributed by atoms with Gasteiger partial charge in [-0.1, -0.05) is 36.4 Å². The minimum absolute atomic E-state index is 0.0897. The number of nitrogens with zero attached hydrogens (tertiary/aromatic N) is 3. The van der Waals surface area contributed by atoms with Crippen LogP contribution in [0.2, 0.25) is 0 Å². The number of pyridine rings is 1. The summed E-state index contributed by atoms with van der Waals surface area (Å²) in [7, 11) is 3.35. The number of ketones is 1. The van der Waals surface area contributed by atoms with Gasteiger partial charge in [-0.25, -0.2) is 9.78 Å². The molecule has 1 aromatic heterocycles. The highest BCUT2D eigenvalue weighted by atomic mass is 16.6. The van der Waals surface area contributed by atoms with E-state index in [4.69, 9.17) is 19.2 Å². The van der Waals surface area contributed by atoms with Gasteiger partial charge < -0.3 is 24.0 Å². The van der Waals surface area contributed by atoms with Crippen LogP contribution in [0.5, 0.6) is 5.75 Å². The Morgan fingerprint density at radius 2 is 1.90 bits per heavy atom. The molecule has 0 saturated carbocycles. The van der Waals surface area contributed by atoms with Crippen LogP contribution in [-0.2, 0) is 16.1 Å². The van der Waals surface area contributed by atoms with Gasteiger partial charge in [0.1, 0.15) is 18.2 Å². The third-order valence-electron chi connectivity index (χ3n) is 8.65. The number of aromatic nitrogens is 1. The molecule has 2 aromatic carbocycles. The number of rotatable bonds is 11. The van der Waals surface area contributed by atoms with E-state index >= 15 is 0 Å². The summed E-state index contributed by atoms with van der Waals surface area (Å²) in [5.41, 5.74) is 2.42. The van der Waals surface area contributed by atoms with Crippen molar-refractivity contribution >= 4 is 28.6 Å². The minimum Gasteiger partial charge on any atom is -0.497 e. The third-order valence-corrected chi connectivity index (χ3v) is 8.65. The van der Waals surface area contributed by atoms with Gasteiger partial charge in [-0.3, -0.25) is 4.79 Å². The maximum atomic E-state index is 13.8. The van der Waals surface area contributed by atoms with Gasteiger partial charge in [0, 0.05) is 44.1 Å². The number of piperidine rings is 1. The molecule has 3 heterocycles. The second-order valence-electron chi connectivity index (χ2n) is 11.3. The van der Waals surface area contributed by atoms with Crippen LogP contribution in [-0.4, -0.2) is 68.3 Å². The third kappa shape index (κ3) is 6.76. The van der Waals surface area contributed by atoms with Crippen molar-refractivity contribution in [3.05, 3.63) is 78.4 Å². The van der Waals surface area contributed by atoms with Crippen molar-refractivity contribution in [2.24, 2.45) is 11.8 Å². The molecule has 3 atom stereocenters. The van der Waals surface area contributed by atoms with E-state index in [1.807, 2.05) is 60.7 Å². The number of carbonyl (C=O) groups excluding carboxylic acids is 2. The van der Waals surface area contributed by atoms with E-state index in [9.17, 15) is 9.59 Å². The summed E-state index contributed by atoms with van der Waals surface area (Å²) in [5.74, 6) is 1.97. The van der Waals surface area contributed by atoms with Gasteiger partial charge in [0.25, 0.3) is 0 Å². The number of methoxy groups -OCH3 is 2. The van der Waals surface area contributed by atoms with Crippen LogP contribution in [0.25, 0.3) is 10.9 Å². The summed E-state index contributed by atoms with van der Waals surface area (Å²) in [6.45, 7) is 6.97. The van der Waals surface area contributed by atoms with Gasteiger partial charge in [-0.2, -0.15) is 0 Å². The van der Waals surface area contributed by atoms with E-state index in [0.717, 1.165) is 54.5 Å². The molecule has 1 amide bonds. The van der Waals surface area contributed by atoms with Crippen LogP contribution in [0.3, 0.4) is 0 Å². The fourth-order valence-electron chi connectivity index (χ4n) is 6.28. The number of ether oxygens (including phenoxy) is 3. The van der Waals surface area contributed by atoms with E-state index < -0.39 is 0 Å². The molecule has 3 unspecified atom stereocenters. The summed E-state index contributed by atoms with van der Waals surface area (Å²) in [6, 6.07) is 17.6. The molecule has 8 nitrogen and oxygen atoms in total. The number of benzene rings is 2. The maximum Gasteiger partial charge on any atom is 0.410 e. The maximum absolute atomic E-state index is 13.8. The Morgan fingerprint density at radius 3 is 2.67 bits per heavy atom. The van der Waals surface area contributed by atoms with E-state index in [1.165, 1.54) is 0 Å². The molecular weight excluding hydrogens is 530 g/mol. The fourth-order valence-corrected chi connectivity index (χ4v) is 6.28. The van der Waals surface area contributed by atoms with Crippen molar-refractivity contribution in [3.8, 4) is 5.75 Å². The molecule has 2 saturated heterocycles. The highest BCUT2D eigenvalue weighted by Crippen LogP contribution is 2.33. The van der Waals surface area contributed by atoms with E-state index in [1.54, 1.807) is 19.1 Å². The lowest BCUT2D eigenvalue weighted by Crippen LogP contribution is -2.43. The van der Waals surface area contributed by atoms with Crippen molar-refractivity contribution in [1.82, 2.24) is 9.88 Å². The molecule has 2 fully saturated rings. The number of carbonyl (C=O) groups is 2. The first-order chi connectivity index (χ1) is 20.5. The van der Waals surface area contributed by atoms with Gasteiger partial charge in [-0.05, 0) is 67.3 Å². The van der Waals surface area contributed by atoms with Gasteiger partial charge in [0.2, 0.25) is 0 Å². The molecule has 2 aliphatic rings. The van der Waals surface area contributed by atoms with E-state index in [0.29, 0.717) is 37.4 Å². The van der Waals surface area contributed by atoms with Gasteiger partial charge >= 0.3 is 6.09 Å². The SMILES string of the molecule is C=CC1CN(C(=O)OCc2ccccc2)CCC1CCC(=O)c1cc(N2CCCC2COC)nc2ccc(OC)cc12. The van der Waals surface area contributed by atoms with Crippen LogP contribution in [0.1, 0.15) is 48.0 Å². The summed E-state index contributed by atoms with van der Waals surface area (Å²) < 4.78 is 16.5. The van der Waals surface area contributed by atoms with Gasteiger partial charge in [0.15, 0.2) is 5.78 Å². The zero-order chi connectivity index (χ0) is 29.5. The predicted octanol–water partition coefficient (Wildman–Crippen LogP) is 6.28. The van der Waals surface area contributed by atoms with Crippen molar-refractivity contribution in [2.45, 2.75) is 44.8 Å². The number of hydrogen-bond donors (Lipinski definition) is 0. The molecule has 2 aliphatic heterocycles. The van der Waals surface area contributed by atoms with Crippen LogP contribution >= 0.6 is 0 Å². The predicted molar refractivity (Wildman–Crippen MR) is 164 cm³/mol. The average molecular weight is 572 g/mol. The lowest BCUT2D eigenvalue weighted by atomic mass is 9.81. The van der Waals surface area contributed by atoms with Crippen LogP contribution in [0, 0.1) is 11.8 Å². The lowest BCUT2D eigenvalue weighted by Gasteiger charge is -2.36. The monoisotopic (exact) mass is 571 g/mol. The summed E-state index contributed by atoms with van der Waals surface area (Å²) >= 11 is 0.